The van der Waals surface area contributed by atoms with E-state index >= 15 is 0 Å². The molecule has 0 bridgehead atoms. The highest BCUT2D eigenvalue weighted by molar-refractivity contribution is 7.91. The molecular formula is C12H24N2O3S. The van der Waals surface area contributed by atoms with Crippen molar-refractivity contribution in [3.8, 4) is 0 Å². The Labute approximate surface area is 110 Å². The lowest BCUT2D eigenvalue weighted by Crippen LogP contribution is -2.50. The summed E-state index contributed by atoms with van der Waals surface area (Å²) in [6.45, 7) is 6.52. The van der Waals surface area contributed by atoms with E-state index in [1.165, 1.54) is 0 Å². The zero-order valence-corrected chi connectivity index (χ0v) is 12.3. The van der Waals surface area contributed by atoms with E-state index in [1.807, 2.05) is 20.8 Å². The Morgan fingerprint density at radius 1 is 1.39 bits per heavy atom. The van der Waals surface area contributed by atoms with Crippen LogP contribution in [0, 0.1) is 0 Å². The van der Waals surface area contributed by atoms with E-state index in [9.17, 15) is 13.2 Å². The summed E-state index contributed by atoms with van der Waals surface area (Å²) in [5.41, 5.74) is -0.190. The SMILES string of the molecule is CCC(C)(CC)NC(=O)CC1CS(=O)(=O)CCN1. The molecule has 1 atom stereocenters. The molecule has 1 heterocycles. The normalized spacial score (nSPS) is 23.6. The van der Waals surface area contributed by atoms with Crippen molar-refractivity contribution < 1.29 is 13.2 Å². The fourth-order valence-corrected chi connectivity index (χ4v) is 3.48. The van der Waals surface area contributed by atoms with Gasteiger partial charge in [0.2, 0.25) is 5.91 Å². The lowest BCUT2D eigenvalue weighted by atomic mass is 9.95. The van der Waals surface area contributed by atoms with Gasteiger partial charge in [0.25, 0.3) is 0 Å². The van der Waals surface area contributed by atoms with Crippen molar-refractivity contribution in [1.29, 1.82) is 0 Å². The van der Waals surface area contributed by atoms with Crippen LogP contribution >= 0.6 is 0 Å². The number of carbonyl (C=O) groups is 1. The van der Waals surface area contributed by atoms with Crippen LogP contribution in [0.4, 0.5) is 0 Å². The minimum Gasteiger partial charge on any atom is -0.351 e. The summed E-state index contributed by atoms with van der Waals surface area (Å²) in [6, 6.07) is -0.248. The molecule has 1 rings (SSSR count). The van der Waals surface area contributed by atoms with Crippen molar-refractivity contribution in [2.45, 2.75) is 51.6 Å². The number of amides is 1. The van der Waals surface area contributed by atoms with Crippen LogP contribution in [0.15, 0.2) is 0 Å². The second kappa shape index (κ2) is 6.02. The van der Waals surface area contributed by atoms with Crippen LogP contribution in [0.5, 0.6) is 0 Å². The first-order chi connectivity index (χ1) is 8.30. The summed E-state index contributed by atoms with van der Waals surface area (Å²) in [4.78, 5) is 11.9. The zero-order valence-electron chi connectivity index (χ0n) is 11.5. The van der Waals surface area contributed by atoms with Gasteiger partial charge < -0.3 is 10.6 Å². The minimum atomic E-state index is -2.97. The van der Waals surface area contributed by atoms with Gasteiger partial charge in [-0.05, 0) is 19.8 Å². The second-order valence-corrected chi connectivity index (χ2v) is 7.51. The smallest absolute Gasteiger partial charge is 0.222 e. The molecule has 0 aliphatic carbocycles. The highest BCUT2D eigenvalue weighted by Gasteiger charge is 2.28. The van der Waals surface area contributed by atoms with Gasteiger partial charge in [-0.25, -0.2) is 8.42 Å². The van der Waals surface area contributed by atoms with Gasteiger partial charge in [-0.1, -0.05) is 13.8 Å². The average Bonchev–Trinajstić information content (AvgIpc) is 2.27. The quantitative estimate of drug-likeness (QED) is 0.765. The molecule has 1 amide bonds. The third-order valence-electron chi connectivity index (χ3n) is 3.73. The Morgan fingerprint density at radius 2 is 2.00 bits per heavy atom. The lowest BCUT2D eigenvalue weighted by Gasteiger charge is -2.30. The van der Waals surface area contributed by atoms with Crippen LogP contribution in [0.3, 0.4) is 0 Å². The highest BCUT2D eigenvalue weighted by atomic mass is 32.2. The van der Waals surface area contributed by atoms with E-state index in [0.29, 0.717) is 6.54 Å². The largest absolute Gasteiger partial charge is 0.351 e. The van der Waals surface area contributed by atoms with Crippen LogP contribution in [0.25, 0.3) is 0 Å². The summed E-state index contributed by atoms with van der Waals surface area (Å²) in [6.07, 6.45) is 1.96. The van der Waals surface area contributed by atoms with Crippen molar-refractivity contribution >= 4 is 15.7 Å². The third kappa shape index (κ3) is 4.57. The van der Waals surface area contributed by atoms with Crippen LogP contribution in [-0.2, 0) is 14.6 Å². The van der Waals surface area contributed by atoms with Gasteiger partial charge >= 0.3 is 0 Å². The minimum absolute atomic E-state index is 0.0649. The van der Waals surface area contributed by atoms with Crippen molar-refractivity contribution in [2.75, 3.05) is 18.1 Å². The van der Waals surface area contributed by atoms with Crippen LogP contribution in [0.2, 0.25) is 0 Å². The summed E-state index contributed by atoms with van der Waals surface area (Å²) >= 11 is 0. The highest BCUT2D eigenvalue weighted by Crippen LogP contribution is 2.14. The summed E-state index contributed by atoms with van der Waals surface area (Å²) < 4.78 is 22.9. The lowest BCUT2D eigenvalue weighted by molar-refractivity contribution is -0.123. The van der Waals surface area contributed by atoms with E-state index in [1.54, 1.807) is 0 Å². The molecule has 1 saturated heterocycles. The third-order valence-corrected chi connectivity index (χ3v) is 5.47. The molecule has 106 valence electrons. The molecule has 1 fully saturated rings. The number of hydrogen-bond acceptors (Lipinski definition) is 4. The van der Waals surface area contributed by atoms with Gasteiger partial charge in [-0.2, -0.15) is 0 Å². The Kier molecular flexibility index (Phi) is 5.16. The number of nitrogens with one attached hydrogen (secondary N) is 2. The van der Waals surface area contributed by atoms with Gasteiger partial charge in [-0.15, -0.1) is 0 Å². The van der Waals surface area contributed by atoms with E-state index in [0.717, 1.165) is 12.8 Å². The van der Waals surface area contributed by atoms with Gasteiger partial charge in [0.05, 0.1) is 11.5 Å². The van der Waals surface area contributed by atoms with E-state index in [4.69, 9.17) is 0 Å². The molecule has 2 N–H and O–H groups in total. The molecule has 1 unspecified atom stereocenters. The Bertz CT molecular complexity index is 388. The Morgan fingerprint density at radius 3 is 2.50 bits per heavy atom. The molecule has 0 radical (unpaired) electrons. The number of carbonyl (C=O) groups excluding carboxylic acids is 1. The molecule has 1 aliphatic rings. The molecule has 0 aromatic carbocycles. The molecule has 0 spiro atoms. The molecule has 0 aromatic rings. The van der Waals surface area contributed by atoms with Crippen molar-refractivity contribution in [3.63, 3.8) is 0 Å². The van der Waals surface area contributed by atoms with Crippen LogP contribution in [0.1, 0.15) is 40.0 Å². The monoisotopic (exact) mass is 276 g/mol. The molecule has 18 heavy (non-hydrogen) atoms. The summed E-state index contributed by atoms with van der Waals surface area (Å²) in [7, 11) is -2.97. The molecular weight excluding hydrogens is 252 g/mol. The summed E-state index contributed by atoms with van der Waals surface area (Å²) in [5, 5.41) is 6.08. The predicted molar refractivity (Wildman–Crippen MR) is 72.2 cm³/mol. The number of sulfone groups is 1. The van der Waals surface area contributed by atoms with Gasteiger partial charge in [0, 0.05) is 24.5 Å². The van der Waals surface area contributed by atoms with Gasteiger partial charge in [0.15, 0.2) is 9.84 Å². The fourth-order valence-electron chi connectivity index (χ4n) is 2.04. The fraction of sp³-hybridized carbons (Fsp3) is 0.917. The first-order valence-electron chi connectivity index (χ1n) is 6.55. The molecule has 0 saturated carbocycles. The predicted octanol–water partition coefficient (Wildman–Crippen LogP) is 0.458. The zero-order chi connectivity index (χ0) is 13.8. The standard InChI is InChI=1S/C12H24N2O3S/c1-4-12(3,5-2)14-11(15)8-10-9-18(16,17)7-6-13-10/h10,13H,4-9H2,1-3H3,(H,14,15). The molecule has 1 aliphatic heterocycles. The summed E-state index contributed by atoms with van der Waals surface area (Å²) in [5.74, 6) is 0.165. The average molecular weight is 276 g/mol. The molecule has 5 nitrogen and oxygen atoms in total. The van der Waals surface area contributed by atoms with Crippen LogP contribution < -0.4 is 10.6 Å². The van der Waals surface area contributed by atoms with Gasteiger partial charge in [0.1, 0.15) is 0 Å². The second-order valence-electron chi connectivity index (χ2n) is 5.29. The first-order valence-corrected chi connectivity index (χ1v) is 8.37. The van der Waals surface area contributed by atoms with E-state index in [2.05, 4.69) is 10.6 Å². The maximum absolute atomic E-state index is 11.9. The number of rotatable bonds is 5. The maximum atomic E-state index is 11.9. The van der Waals surface area contributed by atoms with Crippen molar-refractivity contribution in [1.82, 2.24) is 10.6 Å². The first kappa shape index (κ1) is 15.4. The topological polar surface area (TPSA) is 75.3 Å². The number of hydrogen-bond donors (Lipinski definition) is 2. The van der Waals surface area contributed by atoms with E-state index < -0.39 is 9.84 Å². The Balaban J connectivity index is 2.50. The maximum Gasteiger partial charge on any atom is 0.222 e. The molecule has 0 aromatic heterocycles. The molecule has 6 heteroatoms. The van der Waals surface area contributed by atoms with E-state index in [-0.39, 0.29) is 35.4 Å². The van der Waals surface area contributed by atoms with Crippen molar-refractivity contribution in [3.05, 3.63) is 0 Å². The Hall–Kier alpha value is -0.620. The van der Waals surface area contributed by atoms with Gasteiger partial charge in [-0.3, -0.25) is 4.79 Å². The van der Waals surface area contributed by atoms with Crippen molar-refractivity contribution in [2.24, 2.45) is 0 Å². The van der Waals surface area contributed by atoms with Crippen LogP contribution in [-0.4, -0.2) is 44.0 Å².